The first-order valence-electron chi connectivity index (χ1n) is 7.07. The molecule has 1 fully saturated rings. The molecule has 1 aromatic carbocycles. The van der Waals surface area contributed by atoms with E-state index in [2.05, 4.69) is 5.32 Å². The Morgan fingerprint density at radius 2 is 2.10 bits per heavy atom. The number of benzene rings is 1. The normalized spacial score (nSPS) is 19.4. The van der Waals surface area contributed by atoms with E-state index in [4.69, 9.17) is 0 Å². The number of rotatable bonds is 6. The van der Waals surface area contributed by atoms with Crippen LogP contribution in [0, 0.1) is 0 Å². The standard InChI is InChI=1S/C14H20F2N2O2S/c1-2-17-10-11-6-5-9-18(11)12-7-3-4-8-13(12)21(19,20)14(15)16/h3-4,7-8,11,14,17H,2,5-6,9-10H2,1H3. The monoisotopic (exact) mass is 318 g/mol. The first-order chi connectivity index (χ1) is 9.98. The van der Waals surface area contributed by atoms with Gasteiger partial charge in [-0.25, -0.2) is 8.42 Å². The van der Waals surface area contributed by atoms with Crippen LogP contribution in [0.5, 0.6) is 0 Å². The highest BCUT2D eigenvalue weighted by atomic mass is 32.2. The van der Waals surface area contributed by atoms with Crippen molar-refractivity contribution in [2.24, 2.45) is 0 Å². The van der Waals surface area contributed by atoms with Crippen LogP contribution in [-0.2, 0) is 9.84 Å². The van der Waals surface area contributed by atoms with Crippen molar-refractivity contribution < 1.29 is 17.2 Å². The zero-order valence-corrected chi connectivity index (χ0v) is 12.7. The van der Waals surface area contributed by atoms with Crippen molar-refractivity contribution in [2.75, 3.05) is 24.5 Å². The van der Waals surface area contributed by atoms with Crippen LogP contribution in [0.25, 0.3) is 0 Å². The van der Waals surface area contributed by atoms with Gasteiger partial charge >= 0.3 is 5.76 Å². The molecule has 0 amide bonds. The molecule has 0 spiro atoms. The van der Waals surface area contributed by atoms with E-state index < -0.39 is 15.6 Å². The van der Waals surface area contributed by atoms with Gasteiger partial charge in [-0.2, -0.15) is 8.78 Å². The van der Waals surface area contributed by atoms with E-state index in [1.54, 1.807) is 12.1 Å². The summed E-state index contributed by atoms with van der Waals surface area (Å²) in [5.74, 6) is -3.39. The number of anilines is 1. The smallest absolute Gasteiger partial charge is 0.341 e. The molecule has 0 aliphatic carbocycles. The van der Waals surface area contributed by atoms with E-state index in [9.17, 15) is 17.2 Å². The van der Waals surface area contributed by atoms with Gasteiger partial charge in [0.25, 0.3) is 0 Å². The molecule has 1 aromatic rings. The fourth-order valence-electron chi connectivity index (χ4n) is 2.71. The average molecular weight is 318 g/mol. The predicted molar refractivity (Wildman–Crippen MR) is 78.5 cm³/mol. The molecule has 1 aliphatic heterocycles. The molecule has 1 atom stereocenters. The Kier molecular flexibility index (Phi) is 5.16. The number of halogens is 2. The van der Waals surface area contributed by atoms with Crippen LogP contribution in [0.3, 0.4) is 0 Å². The Bertz CT molecular complexity index is 578. The van der Waals surface area contributed by atoms with Crippen LogP contribution in [0.1, 0.15) is 19.8 Å². The van der Waals surface area contributed by atoms with Gasteiger partial charge in [0.1, 0.15) is 0 Å². The third kappa shape index (κ3) is 3.35. The Morgan fingerprint density at radius 1 is 1.38 bits per heavy atom. The highest BCUT2D eigenvalue weighted by Gasteiger charge is 2.33. The third-order valence-corrected chi connectivity index (χ3v) is 5.15. The molecule has 0 saturated carbocycles. The molecular formula is C14H20F2N2O2S. The van der Waals surface area contributed by atoms with Gasteiger partial charge in [0, 0.05) is 19.1 Å². The molecule has 0 bridgehead atoms. The Labute approximate surface area is 124 Å². The molecule has 1 saturated heterocycles. The number of likely N-dealkylation sites (N-methyl/N-ethyl adjacent to an activating group) is 1. The minimum Gasteiger partial charge on any atom is -0.366 e. The van der Waals surface area contributed by atoms with E-state index in [0.29, 0.717) is 12.2 Å². The largest absolute Gasteiger partial charge is 0.366 e. The van der Waals surface area contributed by atoms with Gasteiger partial charge in [-0.05, 0) is 31.5 Å². The Hall–Kier alpha value is -1.21. The molecule has 1 heterocycles. The van der Waals surface area contributed by atoms with Gasteiger partial charge in [0.15, 0.2) is 0 Å². The maximum absolute atomic E-state index is 12.8. The lowest BCUT2D eigenvalue weighted by molar-refractivity contribution is 0.235. The van der Waals surface area contributed by atoms with E-state index in [1.165, 1.54) is 12.1 Å². The van der Waals surface area contributed by atoms with E-state index in [0.717, 1.165) is 25.9 Å². The maximum atomic E-state index is 12.8. The van der Waals surface area contributed by atoms with Crippen molar-refractivity contribution in [2.45, 2.75) is 36.5 Å². The predicted octanol–water partition coefficient (Wildman–Crippen LogP) is 2.26. The Morgan fingerprint density at radius 3 is 2.76 bits per heavy atom. The van der Waals surface area contributed by atoms with Crippen molar-refractivity contribution in [1.29, 1.82) is 0 Å². The van der Waals surface area contributed by atoms with Crippen LogP contribution in [0.15, 0.2) is 29.2 Å². The number of para-hydroxylation sites is 1. The van der Waals surface area contributed by atoms with Crippen molar-refractivity contribution in [3.63, 3.8) is 0 Å². The molecule has 1 unspecified atom stereocenters. The number of nitrogens with zero attached hydrogens (tertiary/aromatic N) is 1. The highest BCUT2D eigenvalue weighted by molar-refractivity contribution is 7.91. The fraction of sp³-hybridized carbons (Fsp3) is 0.571. The van der Waals surface area contributed by atoms with Crippen molar-refractivity contribution in [3.8, 4) is 0 Å². The zero-order valence-electron chi connectivity index (χ0n) is 11.9. The lowest BCUT2D eigenvalue weighted by Gasteiger charge is -2.28. The van der Waals surface area contributed by atoms with Gasteiger partial charge in [-0.3, -0.25) is 0 Å². The maximum Gasteiger partial charge on any atom is 0.341 e. The van der Waals surface area contributed by atoms with Crippen molar-refractivity contribution >= 4 is 15.5 Å². The lowest BCUT2D eigenvalue weighted by Crippen LogP contribution is -2.38. The molecule has 0 radical (unpaired) electrons. The molecular weight excluding hydrogens is 298 g/mol. The molecule has 2 rings (SSSR count). The number of nitrogens with one attached hydrogen (secondary N) is 1. The summed E-state index contributed by atoms with van der Waals surface area (Å²) >= 11 is 0. The molecule has 118 valence electrons. The summed E-state index contributed by atoms with van der Waals surface area (Å²) in [6.45, 7) is 4.22. The van der Waals surface area contributed by atoms with Crippen LogP contribution >= 0.6 is 0 Å². The summed E-state index contributed by atoms with van der Waals surface area (Å²) in [4.78, 5) is 1.65. The molecule has 21 heavy (non-hydrogen) atoms. The minimum absolute atomic E-state index is 0.138. The molecule has 0 aromatic heterocycles. The number of hydrogen-bond acceptors (Lipinski definition) is 4. The van der Waals surface area contributed by atoms with Crippen LogP contribution < -0.4 is 10.2 Å². The van der Waals surface area contributed by atoms with E-state index in [1.807, 2.05) is 11.8 Å². The molecule has 1 aliphatic rings. The molecule has 7 heteroatoms. The number of hydrogen-bond donors (Lipinski definition) is 1. The van der Waals surface area contributed by atoms with E-state index >= 15 is 0 Å². The summed E-state index contributed by atoms with van der Waals surface area (Å²) in [5.41, 5.74) is 0.387. The highest BCUT2D eigenvalue weighted by Crippen LogP contribution is 2.33. The fourth-order valence-corrected chi connectivity index (χ4v) is 3.64. The average Bonchev–Trinajstić information content (AvgIpc) is 2.93. The summed E-state index contributed by atoms with van der Waals surface area (Å²) < 4.78 is 49.4. The van der Waals surface area contributed by atoms with Gasteiger partial charge in [-0.1, -0.05) is 19.1 Å². The number of sulfone groups is 1. The van der Waals surface area contributed by atoms with Gasteiger partial charge in [0.2, 0.25) is 9.84 Å². The quantitative estimate of drug-likeness (QED) is 0.874. The third-order valence-electron chi connectivity index (χ3n) is 3.72. The van der Waals surface area contributed by atoms with Crippen molar-refractivity contribution in [1.82, 2.24) is 5.32 Å². The minimum atomic E-state index is -4.58. The number of alkyl halides is 2. The topological polar surface area (TPSA) is 49.4 Å². The second-order valence-corrected chi connectivity index (χ2v) is 6.96. The summed E-state index contributed by atoms with van der Waals surface area (Å²) in [7, 11) is -4.58. The molecule has 1 N–H and O–H groups in total. The second kappa shape index (κ2) is 6.70. The van der Waals surface area contributed by atoms with E-state index in [-0.39, 0.29) is 10.9 Å². The first-order valence-corrected chi connectivity index (χ1v) is 8.61. The van der Waals surface area contributed by atoms with Gasteiger partial charge < -0.3 is 10.2 Å². The second-order valence-electron chi connectivity index (χ2n) is 5.07. The van der Waals surface area contributed by atoms with Gasteiger partial charge in [-0.15, -0.1) is 0 Å². The summed E-state index contributed by atoms with van der Waals surface area (Å²) in [6.07, 6.45) is 1.86. The van der Waals surface area contributed by atoms with Crippen LogP contribution in [0.2, 0.25) is 0 Å². The van der Waals surface area contributed by atoms with Crippen LogP contribution in [-0.4, -0.2) is 39.9 Å². The molecule has 4 nitrogen and oxygen atoms in total. The zero-order chi connectivity index (χ0) is 15.5. The lowest BCUT2D eigenvalue weighted by atomic mass is 10.2. The Balaban J connectivity index is 2.36. The first kappa shape index (κ1) is 16.2. The SMILES string of the molecule is CCNCC1CCCN1c1ccccc1S(=O)(=O)C(F)F. The van der Waals surface area contributed by atoms with Gasteiger partial charge in [0.05, 0.1) is 10.6 Å². The summed E-state index contributed by atoms with van der Waals surface area (Å²) in [5, 5.41) is 3.23. The van der Waals surface area contributed by atoms with Crippen molar-refractivity contribution in [3.05, 3.63) is 24.3 Å². The summed E-state index contributed by atoms with van der Waals surface area (Å²) in [6, 6.07) is 6.18. The van der Waals surface area contributed by atoms with Crippen LogP contribution in [0.4, 0.5) is 14.5 Å².